The molecule has 5 rings (SSSR count). The number of benzene rings is 1. The summed E-state index contributed by atoms with van der Waals surface area (Å²) in [5, 5.41) is 11.1. The zero-order valence-corrected chi connectivity index (χ0v) is 24.6. The quantitative estimate of drug-likeness (QED) is 0.400. The molecule has 2 aromatic rings. The van der Waals surface area contributed by atoms with Gasteiger partial charge in [-0.25, -0.2) is 0 Å². The van der Waals surface area contributed by atoms with Gasteiger partial charge in [-0.15, -0.1) is 0 Å². The summed E-state index contributed by atoms with van der Waals surface area (Å²) < 4.78 is 11.6. The number of cyclic esters (lactones) is 1. The third kappa shape index (κ3) is 7.39. The molecule has 0 spiro atoms. The van der Waals surface area contributed by atoms with Gasteiger partial charge in [0.2, 0.25) is 0 Å². The number of carbonyl (C=O) groups is 2. The maximum absolute atomic E-state index is 12.9. The molecule has 3 aliphatic rings. The molecule has 0 amide bonds. The van der Waals surface area contributed by atoms with Crippen molar-refractivity contribution < 1.29 is 24.2 Å². The number of aromatic nitrogens is 1. The van der Waals surface area contributed by atoms with Crippen molar-refractivity contribution in [3.05, 3.63) is 66.4 Å². The predicted octanol–water partition coefficient (Wildman–Crippen LogP) is 6.82. The lowest BCUT2D eigenvalue weighted by Crippen LogP contribution is -2.43. The first-order chi connectivity index (χ1) is 19.1. The van der Waals surface area contributed by atoms with Gasteiger partial charge in [0.1, 0.15) is 12.2 Å². The average molecular weight is 548 g/mol. The first-order valence-corrected chi connectivity index (χ1v) is 14.9. The molecule has 2 heterocycles. The molecule has 7 atom stereocenters. The molecule has 0 unspecified atom stereocenters. The van der Waals surface area contributed by atoms with Crippen LogP contribution in [-0.4, -0.2) is 40.3 Å². The fourth-order valence-corrected chi connectivity index (χ4v) is 6.10. The van der Waals surface area contributed by atoms with Crippen LogP contribution in [0.4, 0.5) is 0 Å². The fraction of sp³-hybridized carbons (Fsp3) is 0.559. The third-order valence-corrected chi connectivity index (χ3v) is 8.86. The Labute approximate surface area is 238 Å². The highest BCUT2D eigenvalue weighted by Crippen LogP contribution is 2.45. The van der Waals surface area contributed by atoms with Gasteiger partial charge in [-0.1, -0.05) is 63.3 Å². The maximum atomic E-state index is 12.9. The minimum absolute atomic E-state index is 0.0949. The highest BCUT2D eigenvalue weighted by molar-refractivity contribution is 5.77. The van der Waals surface area contributed by atoms with Crippen LogP contribution < -0.4 is 0 Å². The molecule has 6 nitrogen and oxygen atoms in total. The van der Waals surface area contributed by atoms with Gasteiger partial charge >= 0.3 is 11.9 Å². The summed E-state index contributed by atoms with van der Waals surface area (Å²) in [7, 11) is 0. The van der Waals surface area contributed by atoms with E-state index in [0.29, 0.717) is 24.2 Å². The van der Waals surface area contributed by atoms with Gasteiger partial charge in [-0.05, 0) is 75.0 Å². The summed E-state index contributed by atoms with van der Waals surface area (Å²) in [4.78, 5) is 28.7. The summed E-state index contributed by atoms with van der Waals surface area (Å²) in [6.45, 7) is 10.3. The monoisotopic (exact) mass is 547 g/mol. The van der Waals surface area contributed by atoms with E-state index in [1.54, 1.807) is 0 Å². The van der Waals surface area contributed by atoms with E-state index in [1.807, 2.05) is 51.2 Å². The predicted molar refractivity (Wildman–Crippen MR) is 157 cm³/mol. The van der Waals surface area contributed by atoms with Gasteiger partial charge in [0.25, 0.3) is 0 Å². The van der Waals surface area contributed by atoms with Gasteiger partial charge in [0.15, 0.2) is 0 Å². The first-order valence-electron chi connectivity index (χ1n) is 14.9. The van der Waals surface area contributed by atoms with E-state index < -0.39 is 11.5 Å². The molecule has 2 aliphatic carbocycles. The van der Waals surface area contributed by atoms with Crippen molar-refractivity contribution in [2.24, 2.45) is 29.1 Å². The normalized spacial score (nSPS) is 29.9. The Morgan fingerprint density at radius 3 is 2.60 bits per heavy atom. The third-order valence-electron chi connectivity index (χ3n) is 8.86. The highest BCUT2D eigenvalue weighted by atomic mass is 16.6. The summed E-state index contributed by atoms with van der Waals surface area (Å²) in [6, 6.07) is 12.1. The molecular weight excluding hydrogens is 502 g/mol. The standard InChI is InChI=1S/C25H38O5.C9H7N/c1-6-25(4,5)24(28)30-21-12-15(2)11-17-8-7-16(3)20(23(17)21)10-9-19-13-18(26)14-22(27)29-19;1-2-6-9-8(4-1)5-3-7-10-9/h7-8,11,15-16,18-21,23,26H,6,9-10,12-14H2,1-5H3;1-7H/t15-,16-,18+,19+,20-,21-,23-;/m0./s1. The van der Waals surface area contributed by atoms with E-state index in [0.717, 1.165) is 31.2 Å². The van der Waals surface area contributed by atoms with E-state index in [9.17, 15) is 14.7 Å². The lowest BCUT2D eigenvalue weighted by atomic mass is 9.65. The van der Waals surface area contributed by atoms with E-state index in [4.69, 9.17) is 9.47 Å². The van der Waals surface area contributed by atoms with Gasteiger partial charge < -0.3 is 14.6 Å². The van der Waals surface area contributed by atoms with Crippen molar-refractivity contribution in [2.75, 3.05) is 0 Å². The molecule has 0 saturated carbocycles. The number of hydrogen-bond donors (Lipinski definition) is 1. The van der Waals surface area contributed by atoms with Crippen LogP contribution in [0.2, 0.25) is 0 Å². The van der Waals surface area contributed by atoms with E-state index >= 15 is 0 Å². The molecule has 1 fully saturated rings. The molecule has 0 bridgehead atoms. The van der Waals surface area contributed by atoms with Crippen molar-refractivity contribution in [2.45, 2.75) is 91.5 Å². The average Bonchev–Trinajstić information content (AvgIpc) is 2.92. The number of para-hydroxylation sites is 1. The second kappa shape index (κ2) is 13.1. The molecule has 1 saturated heterocycles. The summed E-state index contributed by atoms with van der Waals surface area (Å²) in [5.41, 5.74) is 1.84. The van der Waals surface area contributed by atoms with Crippen LogP contribution in [0, 0.1) is 29.1 Å². The molecule has 1 N–H and O–H groups in total. The number of esters is 2. The molecule has 1 aromatic heterocycles. The van der Waals surface area contributed by atoms with Crippen LogP contribution in [0.5, 0.6) is 0 Å². The Morgan fingerprint density at radius 1 is 1.12 bits per heavy atom. The van der Waals surface area contributed by atoms with Crippen LogP contribution in [0.25, 0.3) is 10.9 Å². The molecule has 6 heteroatoms. The Balaban J connectivity index is 0.000000307. The van der Waals surface area contributed by atoms with Crippen molar-refractivity contribution in [3.63, 3.8) is 0 Å². The van der Waals surface area contributed by atoms with Gasteiger partial charge in [0, 0.05) is 23.9 Å². The number of ether oxygens (including phenoxy) is 2. The molecule has 216 valence electrons. The lowest BCUT2D eigenvalue weighted by molar-refractivity contribution is -0.166. The molecule has 1 aromatic carbocycles. The van der Waals surface area contributed by atoms with Crippen molar-refractivity contribution >= 4 is 22.8 Å². The summed E-state index contributed by atoms with van der Waals surface area (Å²) >= 11 is 0. The Morgan fingerprint density at radius 2 is 1.88 bits per heavy atom. The van der Waals surface area contributed by atoms with Crippen molar-refractivity contribution in [1.29, 1.82) is 0 Å². The molecule has 40 heavy (non-hydrogen) atoms. The zero-order valence-electron chi connectivity index (χ0n) is 24.6. The van der Waals surface area contributed by atoms with Crippen LogP contribution in [-0.2, 0) is 19.1 Å². The first kappa shape index (κ1) is 30.0. The molecule has 0 radical (unpaired) electrons. The minimum Gasteiger partial charge on any atom is -0.462 e. The number of hydrogen-bond acceptors (Lipinski definition) is 6. The number of allylic oxidation sites excluding steroid dienone is 3. The zero-order chi connectivity index (χ0) is 28.9. The van der Waals surface area contributed by atoms with Crippen molar-refractivity contribution in [3.8, 4) is 0 Å². The van der Waals surface area contributed by atoms with Crippen LogP contribution in [0.1, 0.15) is 73.1 Å². The topological polar surface area (TPSA) is 85.7 Å². The number of aliphatic hydroxyl groups excluding tert-OH is 1. The maximum Gasteiger partial charge on any atom is 0.311 e. The highest BCUT2D eigenvalue weighted by Gasteiger charge is 2.43. The largest absolute Gasteiger partial charge is 0.462 e. The van der Waals surface area contributed by atoms with E-state index in [-0.39, 0.29) is 36.5 Å². The van der Waals surface area contributed by atoms with Crippen LogP contribution in [0.3, 0.4) is 0 Å². The van der Waals surface area contributed by atoms with Crippen LogP contribution >= 0.6 is 0 Å². The number of fused-ring (bicyclic) bond motifs is 2. The summed E-state index contributed by atoms with van der Waals surface area (Å²) in [5.74, 6) is 0.776. The Kier molecular flexibility index (Phi) is 9.83. The SMILES string of the molecule is CCC(C)(C)C(=O)O[C@H]1C[C@@H](C)C=C2C=C[C@H](C)[C@H](CC[C@@H]3C[C@@H](O)CC(=O)O3)[C@H]21.c1ccc2ncccc2c1. The second-order valence-electron chi connectivity index (χ2n) is 12.4. The number of carbonyl (C=O) groups excluding carboxylic acids is 2. The van der Waals surface area contributed by atoms with Crippen molar-refractivity contribution in [1.82, 2.24) is 4.98 Å². The fourth-order valence-electron chi connectivity index (χ4n) is 6.10. The molecular formula is C34H45NO5. The number of aliphatic hydroxyl groups is 1. The Bertz CT molecular complexity index is 1170. The molecule has 1 aliphatic heterocycles. The van der Waals surface area contributed by atoms with Gasteiger partial charge in [0.05, 0.1) is 23.5 Å². The van der Waals surface area contributed by atoms with E-state index in [2.05, 4.69) is 49.2 Å². The summed E-state index contributed by atoms with van der Waals surface area (Å²) in [6.07, 6.45) is 11.4. The second-order valence-corrected chi connectivity index (χ2v) is 12.4. The minimum atomic E-state index is -0.601. The number of nitrogens with zero attached hydrogens (tertiary/aromatic N) is 1. The Hall–Kier alpha value is -2.99. The van der Waals surface area contributed by atoms with Gasteiger partial charge in [-0.2, -0.15) is 0 Å². The lowest BCUT2D eigenvalue weighted by Gasteiger charge is -2.44. The smallest absolute Gasteiger partial charge is 0.311 e. The number of rotatable bonds is 6. The van der Waals surface area contributed by atoms with E-state index in [1.165, 1.54) is 11.0 Å². The van der Waals surface area contributed by atoms with Gasteiger partial charge in [-0.3, -0.25) is 14.6 Å². The number of pyridine rings is 1. The van der Waals surface area contributed by atoms with Crippen LogP contribution in [0.15, 0.2) is 66.4 Å².